The molecule has 0 heterocycles. The van der Waals surface area contributed by atoms with Crippen LogP contribution in [0.4, 0.5) is 0 Å². The van der Waals surface area contributed by atoms with E-state index in [1.54, 1.807) is 0 Å². The molecule has 2 aromatic carbocycles. The molecule has 0 unspecified atom stereocenters. The molecule has 0 fully saturated rings. The topological polar surface area (TPSA) is 26.0 Å². The zero-order chi connectivity index (χ0) is 9.97. The highest BCUT2D eigenvalue weighted by Gasteiger charge is 2.01. The van der Waals surface area contributed by atoms with Crippen molar-refractivity contribution in [2.45, 2.75) is 6.42 Å². The van der Waals surface area contributed by atoms with Crippen LogP contribution in [-0.2, 0) is 6.42 Å². The quantitative estimate of drug-likeness (QED) is 0.870. The third kappa shape index (κ3) is 1.81. The van der Waals surface area contributed by atoms with Gasteiger partial charge < -0.3 is 5.73 Å². The van der Waals surface area contributed by atoms with Gasteiger partial charge in [0.1, 0.15) is 0 Å². The van der Waals surface area contributed by atoms with E-state index in [9.17, 15) is 0 Å². The van der Waals surface area contributed by atoms with Gasteiger partial charge in [-0.05, 0) is 41.4 Å². The summed E-state index contributed by atoms with van der Waals surface area (Å²) in [5, 5.41) is 2.54. The number of nitrogens with two attached hydrogens (primary N) is 1. The summed E-state index contributed by atoms with van der Waals surface area (Å²) in [5.74, 6) is 0. The number of benzene rings is 2. The molecule has 0 radical (unpaired) electrons. The molecule has 0 amide bonds. The first-order chi connectivity index (χ1) is 6.81. The molecule has 2 heteroatoms. The van der Waals surface area contributed by atoms with Crippen LogP contribution >= 0.6 is 15.9 Å². The number of hydrogen-bond acceptors (Lipinski definition) is 1. The van der Waals surface area contributed by atoms with Gasteiger partial charge in [-0.3, -0.25) is 0 Å². The number of hydrogen-bond donors (Lipinski definition) is 1. The van der Waals surface area contributed by atoms with Crippen molar-refractivity contribution in [1.82, 2.24) is 0 Å². The summed E-state index contributed by atoms with van der Waals surface area (Å²) in [5.41, 5.74) is 6.84. The molecular weight excluding hydrogens is 238 g/mol. The first kappa shape index (κ1) is 9.69. The summed E-state index contributed by atoms with van der Waals surface area (Å²) in [6.45, 7) is 0.691. The standard InChI is InChI=1S/C12H12BrN/c13-12-8-10-4-2-1-3-9(10)7-11(12)5-6-14/h1-4,7-8H,5-6,14H2. The molecule has 0 atom stereocenters. The minimum atomic E-state index is 0.691. The van der Waals surface area contributed by atoms with Gasteiger partial charge in [-0.25, -0.2) is 0 Å². The SMILES string of the molecule is NCCc1cc2ccccc2cc1Br. The highest BCUT2D eigenvalue weighted by Crippen LogP contribution is 2.24. The Morgan fingerprint density at radius 3 is 2.36 bits per heavy atom. The zero-order valence-electron chi connectivity index (χ0n) is 7.83. The van der Waals surface area contributed by atoms with E-state index in [2.05, 4.69) is 52.3 Å². The van der Waals surface area contributed by atoms with E-state index in [0.29, 0.717) is 6.54 Å². The Morgan fingerprint density at radius 2 is 1.71 bits per heavy atom. The highest BCUT2D eigenvalue weighted by atomic mass is 79.9. The Morgan fingerprint density at radius 1 is 1.07 bits per heavy atom. The lowest BCUT2D eigenvalue weighted by Crippen LogP contribution is -2.03. The molecule has 2 rings (SSSR count). The van der Waals surface area contributed by atoms with E-state index in [-0.39, 0.29) is 0 Å². The van der Waals surface area contributed by atoms with E-state index >= 15 is 0 Å². The molecule has 0 aromatic heterocycles. The van der Waals surface area contributed by atoms with Crippen molar-refractivity contribution in [2.24, 2.45) is 5.73 Å². The Balaban J connectivity index is 2.59. The maximum absolute atomic E-state index is 5.55. The Kier molecular flexibility index (Phi) is 2.85. The van der Waals surface area contributed by atoms with Crippen molar-refractivity contribution in [3.05, 3.63) is 46.4 Å². The fourth-order valence-electron chi connectivity index (χ4n) is 1.61. The second kappa shape index (κ2) is 4.11. The minimum absolute atomic E-state index is 0.691. The summed E-state index contributed by atoms with van der Waals surface area (Å²) in [6.07, 6.45) is 0.922. The predicted molar refractivity (Wildman–Crippen MR) is 64.4 cm³/mol. The van der Waals surface area contributed by atoms with Crippen LogP contribution in [0.5, 0.6) is 0 Å². The predicted octanol–water partition coefficient (Wildman–Crippen LogP) is 3.10. The smallest absolute Gasteiger partial charge is 0.0214 e. The van der Waals surface area contributed by atoms with Gasteiger partial charge in [0.05, 0.1) is 0 Å². The molecule has 0 spiro atoms. The zero-order valence-corrected chi connectivity index (χ0v) is 9.42. The first-order valence-corrected chi connectivity index (χ1v) is 5.48. The average Bonchev–Trinajstić information content (AvgIpc) is 2.19. The van der Waals surface area contributed by atoms with Gasteiger partial charge in [-0.15, -0.1) is 0 Å². The molecular formula is C12H12BrN. The van der Waals surface area contributed by atoms with Gasteiger partial charge in [0.25, 0.3) is 0 Å². The maximum atomic E-state index is 5.55. The third-order valence-corrected chi connectivity index (χ3v) is 3.07. The van der Waals surface area contributed by atoms with Crippen molar-refractivity contribution in [3.63, 3.8) is 0 Å². The summed E-state index contributed by atoms with van der Waals surface area (Å²) in [4.78, 5) is 0. The Hall–Kier alpha value is -0.860. The molecule has 0 aliphatic rings. The molecule has 0 bridgehead atoms. The summed E-state index contributed by atoms with van der Waals surface area (Å²) in [6, 6.07) is 12.7. The van der Waals surface area contributed by atoms with E-state index in [0.717, 1.165) is 10.9 Å². The molecule has 0 aliphatic carbocycles. The van der Waals surface area contributed by atoms with Crippen LogP contribution in [0.2, 0.25) is 0 Å². The molecule has 1 nitrogen and oxygen atoms in total. The monoisotopic (exact) mass is 249 g/mol. The van der Waals surface area contributed by atoms with Gasteiger partial charge in [0, 0.05) is 4.47 Å². The fraction of sp³-hybridized carbons (Fsp3) is 0.167. The van der Waals surface area contributed by atoms with Crippen LogP contribution in [0.3, 0.4) is 0 Å². The van der Waals surface area contributed by atoms with Gasteiger partial charge in [-0.2, -0.15) is 0 Å². The molecule has 2 N–H and O–H groups in total. The van der Waals surface area contributed by atoms with Crippen LogP contribution in [0.1, 0.15) is 5.56 Å². The van der Waals surface area contributed by atoms with Crippen LogP contribution in [0, 0.1) is 0 Å². The summed E-state index contributed by atoms with van der Waals surface area (Å²) >= 11 is 3.56. The molecule has 0 saturated carbocycles. The second-order valence-corrected chi connectivity index (χ2v) is 4.18. The van der Waals surface area contributed by atoms with E-state index < -0.39 is 0 Å². The molecule has 72 valence electrons. The van der Waals surface area contributed by atoms with E-state index in [4.69, 9.17) is 5.73 Å². The van der Waals surface area contributed by atoms with E-state index in [1.807, 2.05) is 0 Å². The first-order valence-electron chi connectivity index (χ1n) is 4.68. The molecule has 2 aromatic rings. The van der Waals surface area contributed by atoms with Crippen molar-refractivity contribution in [2.75, 3.05) is 6.54 Å². The molecule has 0 saturated heterocycles. The lowest BCUT2D eigenvalue weighted by Gasteiger charge is -2.05. The van der Waals surface area contributed by atoms with Crippen LogP contribution in [-0.4, -0.2) is 6.54 Å². The van der Waals surface area contributed by atoms with Crippen LogP contribution in [0.25, 0.3) is 10.8 Å². The minimum Gasteiger partial charge on any atom is -0.330 e. The average molecular weight is 250 g/mol. The largest absolute Gasteiger partial charge is 0.330 e. The lowest BCUT2D eigenvalue weighted by atomic mass is 10.1. The number of fused-ring (bicyclic) bond motifs is 1. The Labute approximate surface area is 92.1 Å². The third-order valence-electron chi connectivity index (χ3n) is 2.33. The summed E-state index contributed by atoms with van der Waals surface area (Å²) in [7, 11) is 0. The van der Waals surface area contributed by atoms with E-state index in [1.165, 1.54) is 16.3 Å². The molecule has 0 aliphatic heterocycles. The second-order valence-electron chi connectivity index (χ2n) is 3.33. The number of halogens is 1. The summed E-state index contributed by atoms with van der Waals surface area (Å²) < 4.78 is 1.15. The van der Waals surface area contributed by atoms with Crippen molar-refractivity contribution < 1.29 is 0 Å². The van der Waals surface area contributed by atoms with Gasteiger partial charge in [0.15, 0.2) is 0 Å². The van der Waals surface area contributed by atoms with Crippen LogP contribution in [0.15, 0.2) is 40.9 Å². The number of rotatable bonds is 2. The highest BCUT2D eigenvalue weighted by molar-refractivity contribution is 9.10. The van der Waals surface area contributed by atoms with Crippen LogP contribution < -0.4 is 5.73 Å². The maximum Gasteiger partial charge on any atom is 0.0214 e. The lowest BCUT2D eigenvalue weighted by molar-refractivity contribution is 0.966. The van der Waals surface area contributed by atoms with Crippen molar-refractivity contribution >= 4 is 26.7 Å². The van der Waals surface area contributed by atoms with Gasteiger partial charge in [-0.1, -0.05) is 40.2 Å². The Bertz CT molecular complexity index is 451. The van der Waals surface area contributed by atoms with Gasteiger partial charge >= 0.3 is 0 Å². The normalized spacial score (nSPS) is 10.7. The molecule has 14 heavy (non-hydrogen) atoms. The van der Waals surface area contributed by atoms with Gasteiger partial charge in [0.2, 0.25) is 0 Å². The fourth-order valence-corrected chi connectivity index (χ4v) is 2.17. The van der Waals surface area contributed by atoms with Crippen molar-refractivity contribution in [3.8, 4) is 0 Å². The van der Waals surface area contributed by atoms with Crippen molar-refractivity contribution in [1.29, 1.82) is 0 Å².